The first-order valence-corrected chi connectivity index (χ1v) is 20.6. The quantitative estimate of drug-likeness (QED) is 0.174. The van der Waals surface area contributed by atoms with E-state index in [4.69, 9.17) is 0 Å². The van der Waals surface area contributed by atoms with E-state index in [0.29, 0.717) is 48.9 Å². The van der Waals surface area contributed by atoms with Crippen molar-refractivity contribution in [3.63, 3.8) is 0 Å². The Morgan fingerprint density at radius 3 is 2.47 bits per heavy atom. The summed E-state index contributed by atoms with van der Waals surface area (Å²) in [5.41, 5.74) is 2.51. The summed E-state index contributed by atoms with van der Waals surface area (Å²) < 4.78 is 30.8. The number of piperidine rings is 2. The van der Waals surface area contributed by atoms with Gasteiger partial charge in [0, 0.05) is 92.9 Å². The molecule has 1 saturated carbocycles. The number of H-pyrrole nitrogens is 1. The van der Waals surface area contributed by atoms with Crippen LogP contribution >= 0.6 is 0 Å². The maximum absolute atomic E-state index is 14.5. The second-order valence-corrected chi connectivity index (χ2v) is 17.4. The van der Waals surface area contributed by atoms with Gasteiger partial charge in [-0.3, -0.25) is 39.2 Å². The van der Waals surface area contributed by atoms with Crippen LogP contribution in [0.2, 0.25) is 0 Å². The van der Waals surface area contributed by atoms with E-state index in [1.54, 1.807) is 25.5 Å². The number of carbonyl (C=O) groups is 4. The molecule has 4 amide bonds. The van der Waals surface area contributed by atoms with Crippen LogP contribution in [0.1, 0.15) is 66.0 Å². The number of nitrogens with zero attached hydrogens (tertiary/aromatic N) is 7. The molecule has 4 aliphatic heterocycles. The Morgan fingerprint density at radius 2 is 1.75 bits per heavy atom. The molecule has 1 unspecified atom stereocenters. The highest BCUT2D eigenvalue weighted by molar-refractivity contribution is 6.04. The number of hydrogen-bond acceptors (Lipinski definition) is 10. The summed E-state index contributed by atoms with van der Waals surface area (Å²) in [5, 5.41) is 20.1. The minimum Gasteiger partial charge on any atom is -0.372 e. The lowest BCUT2D eigenvalue weighted by atomic mass is 9.84. The van der Waals surface area contributed by atoms with Gasteiger partial charge in [0.25, 0.3) is 11.8 Å². The SMILES string of the molecule is C[C@@]12Cc3[nH]nc(C(=O)Nc4cnn([C@H](c5ccccc5)C5CN(C(=O)C6CN(C7CCN(c8ccc(NC9CCC(=O)NC9=O)cn8)CC7)C6)C5)c4)c3C[C@@H]1C2(F)F. The van der Waals surface area contributed by atoms with Gasteiger partial charge in [0.05, 0.1) is 35.7 Å². The minimum absolute atomic E-state index is 0.0191. The van der Waals surface area contributed by atoms with Gasteiger partial charge in [-0.25, -0.2) is 13.8 Å². The molecule has 59 heavy (non-hydrogen) atoms. The lowest BCUT2D eigenvalue weighted by Gasteiger charge is -2.50. The first kappa shape index (κ1) is 37.6. The summed E-state index contributed by atoms with van der Waals surface area (Å²) in [6.45, 7) is 6.06. The van der Waals surface area contributed by atoms with Crippen molar-refractivity contribution in [3.05, 3.63) is 83.6 Å². The van der Waals surface area contributed by atoms with Crippen LogP contribution < -0.4 is 20.9 Å². The molecular weight excluding hydrogens is 761 g/mol. The molecule has 0 spiro atoms. The van der Waals surface area contributed by atoms with E-state index in [-0.39, 0.29) is 54.1 Å². The lowest BCUT2D eigenvalue weighted by Crippen LogP contribution is -2.63. The molecule has 4 atom stereocenters. The topological polar surface area (TPSA) is 173 Å². The van der Waals surface area contributed by atoms with Gasteiger partial charge in [-0.2, -0.15) is 10.2 Å². The van der Waals surface area contributed by atoms with Crippen molar-refractivity contribution in [2.45, 2.75) is 69.5 Å². The largest absolute Gasteiger partial charge is 0.372 e. The van der Waals surface area contributed by atoms with Crippen molar-refractivity contribution in [1.82, 2.24) is 40.1 Å². The van der Waals surface area contributed by atoms with Gasteiger partial charge in [-0.05, 0) is 43.4 Å². The average Bonchev–Trinajstić information content (AvgIpc) is 3.61. The summed E-state index contributed by atoms with van der Waals surface area (Å²) >= 11 is 0. The lowest BCUT2D eigenvalue weighted by molar-refractivity contribution is -0.150. The molecule has 5 fully saturated rings. The summed E-state index contributed by atoms with van der Waals surface area (Å²) in [6, 6.07) is 13.7. The number of carbonyl (C=O) groups excluding carboxylic acids is 4. The normalized spacial score (nSPS) is 26.2. The number of anilines is 3. The maximum atomic E-state index is 14.5. The molecule has 3 aromatic heterocycles. The maximum Gasteiger partial charge on any atom is 0.276 e. The van der Waals surface area contributed by atoms with Crippen molar-refractivity contribution >= 4 is 40.8 Å². The molecule has 4 aromatic rings. The zero-order chi connectivity index (χ0) is 40.6. The molecule has 6 aliphatic rings. The molecule has 308 valence electrons. The number of aromatic nitrogens is 5. The van der Waals surface area contributed by atoms with Gasteiger partial charge >= 0.3 is 0 Å². The van der Waals surface area contributed by atoms with Gasteiger partial charge < -0.3 is 20.4 Å². The monoisotopic (exact) mass is 807 g/mol. The Labute approximate surface area is 339 Å². The Kier molecular flexibility index (Phi) is 9.06. The van der Waals surface area contributed by atoms with Crippen molar-refractivity contribution in [3.8, 4) is 0 Å². The number of hydrogen-bond donors (Lipinski definition) is 4. The molecule has 1 aromatic carbocycles. The molecule has 0 bridgehead atoms. The van der Waals surface area contributed by atoms with Gasteiger partial charge in [0.2, 0.25) is 17.7 Å². The fraction of sp³-hybridized carbons (Fsp3) is 0.500. The molecular formula is C42H47F2N11O4. The third-order valence-corrected chi connectivity index (χ3v) is 13.9. The van der Waals surface area contributed by atoms with Crippen LogP contribution in [0.3, 0.4) is 0 Å². The number of alkyl halides is 2. The van der Waals surface area contributed by atoms with Crippen molar-refractivity contribution < 1.29 is 28.0 Å². The van der Waals surface area contributed by atoms with Crippen LogP contribution in [-0.4, -0.2) is 116 Å². The first-order valence-electron chi connectivity index (χ1n) is 20.6. The van der Waals surface area contributed by atoms with Crippen molar-refractivity contribution in [2.24, 2.45) is 23.2 Å². The molecule has 7 heterocycles. The number of fused-ring (bicyclic) bond motifs is 2. The van der Waals surface area contributed by atoms with Gasteiger partial charge in [0.15, 0.2) is 5.69 Å². The van der Waals surface area contributed by atoms with Gasteiger partial charge in [-0.1, -0.05) is 37.3 Å². The fourth-order valence-electron chi connectivity index (χ4n) is 10.1. The smallest absolute Gasteiger partial charge is 0.276 e. The highest BCUT2D eigenvalue weighted by Crippen LogP contribution is 2.70. The van der Waals surface area contributed by atoms with E-state index in [1.807, 2.05) is 52.0 Å². The zero-order valence-electron chi connectivity index (χ0n) is 32.7. The number of nitrogens with one attached hydrogen (secondary N) is 4. The molecule has 4 saturated heterocycles. The molecule has 2 aliphatic carbocycles. The molecule has 17 heteroatoms. The second-order valence-electron chi connectivity index (χ2n) is 17.4. The standard InChI is InChI=1S/C42H47F2N11O4/c1-41-16-32-30(15-33(41)42(41,43)44)36(51-50-32)39(58)48-28-18-46-55(23-28)37(24-5-3-2-4-6-24)25-19-54(20-25)40(59)26-21-53(22-26)29-11-13-52(14-12-29)34-9-7-27(17-45-34)47-31-8-10-35(56)49-38(31)57/h2-7,9,17-18,23,25-26,29,31,33,37,47H,8,10-16,19-22H2,1H3,(H,48,58)(H,50,51)(H,49,56,57)/t31?,33-,37+,41+/m0/s1. The number of rotatable bonds is 10. The molecule has 0 radical (unpaired) electrons. The predicted molar refractivity (Wildman–Crippen MR) is 212 cm³/mol. The third kappa shape index (κ3) is 6.62. The van der Waals surface area contributed by atoms with E-state index in [9.17, 15) is 28.0 Å². The molecule has 10 rings (SSSR count). The van der Waals surface area contributed by atoms with Crippen LogP contribution in [0.5, 0.6) is 0 Å². The third-order valence-electron chi connectivity index (χ3n) is 13.9. The number of pyridine rings is 1. The van der Waals surface area contributed by atoms with Crippen LogP contribution in [0.25, 0.3) is 0 Å². The van der Waals surface area contributed by atoms with Gasteiger partial charge in [-0.15, -0.1) is 0 Å². The summed E-state index contributed by atoms with van der Waals surface area (Å²) in [7, 11) is 0. The van der Waals surface area contributed by atoms with Crippen LogP contribution in [0, 0.1) is 23.2 Å². The Hall–Kier alpha value is -5.71. The van der Waals surface area contributed by atoms with E-state index in [1.165, 1.54) is 0 Å². The number of benzene rings is 1. The van der Waals surface area contributed by atoms with E-state index >= 15 is 0 Å². The van der Waals surface area contributed by atoms with Crippen molar-refractivity contribution in [2.75, 3.05) is 54.8 Å². The summed E-state index contributed by atoms with van der Waals surface area (Å²) in [4.78, 5) is 61.9. The summed E-state index contributed by atoms with van der Waals surface area (Å²) in [6.07, 6.45) is 8.14. The van der Waals surface area contributed by atoms with E-state index in [0.717, 1.165) is 56.1 Å². The minimum atomic E-state index is -2.75. The Bertz CT molecular complexity index is 2280. The van der Waals surface area contributed by atoms with Crippen LogP contribution in [0.4, 0.5) is 26.0 Å². The first-order chi connectivity index (χ1) is 28.4. The highest BCUT2D eigenvalue weighted by atomic mass is 19.3. The fourth-order valence-corrected chi connectivity index (χ4v) is 10.1. The summed E-state index contributed by atoms with van der Waals surface area (Å²) in [5.74, 6) is -3.35. The van der Waals surface area contributed by atoms with Crippen LogP contribution in [-0.2, 0) is 27.2 Å². The molecule has 15 nitrogen and oxygen atoms in total. The number of likely N-dealkylation sites (tertiary alicyclic amines) is 2. The molecule has 4 N–H and O–H groups in total. The zero-order valence-corrected chi connectivity index (χ0v) is 32.7. The number of amides is 4. The van der Waals surface area contributed by atoms with E-state index in [2.05, 4.69) is 46.0 Å². The average molecular weight is 808 g/mol. The van der Waals surface area contributed by atoms with Gasteiger partial charge in [0.1, 0.15) is 11.9 Å². The number of halogens is 2. The highest BCUT2D eigenvalue weighted by Gasteiger charge is 2.78. The predicted octanol–water partition coefficient (Wildman–Crippen LogP) is 3.49. The number of imide groups is 1. The number of aromatic amines is 1. The van der Waals surface area contributed by atoms with Crippen molar-refractivity contribution in [1.29, 1.82) is 0 Å². The Morgan fingerprint density at radius 1 is 0.966 bits per heavy atom. The van der Waals surface area contributed by atoms with E-state index < -0.39 is 29.2 Å². The van der Waals surface area contributed by atoms with Crippen LogP contribution in [0.15, 0.2) is 61.1 Å². The second kappa shape index (κ2) is 14.2. The Balaban J connectivity index is 0.705.